The fraction of sp³-hybridized carbons (Fsp3) is 0.154. The quantitative estimate of drug-likeness (QED) is 0.879. The maximum absolute atomic E-state index is 12.1. The maximum atomic E-state index is 12.1. The minimum absolute atomic E-state index is 0.000839. The molecule has 6 nitrogen and oxygen atoms in total. The summed E-state index contributed by atoms with van der Waals surface area (Å²) in [6.07, 6.45) is 1.46. The molecule has 0 saturated carbocycles. The van der Waals surface area contributed by atoms with Gasteiger partial charge in [-0.25, -0.2) is 17.9 Å². The summed E-state index contributed by atoms with van der Waals surface area (Å²) in [7, 11) is -3.73. The second-order valence-corrected chi connectivity index (χ2v) is 5.90. The number of rotatable bonds is 5. The Morgan fingerprint density at radius 1 is 1.25 bits per heavy atom. The lowest BCUT2D eigenvalue weighted by Gasteiger charge is -2.12. The normalized spacial score (nSPS) is 13.1. The van der Waals surface area contributed by atoms with Crippen molar-refractivity contribution in [3.8, 4) is 0 Å². The summed E-state index contributed by atoms with van der Waals surface area (Å²) in [4.78, 5) is 10.7. The standard InChI is InChI=1S/C13H13NO5S/c1-9(12-3-2-8-19-12)14-20(17,18)11-6-4-10(5-7-11)13(15)16/h2-9,14H,1H3,(H,15,16). The van der Waals surface area contributed by atoms with E-state index in [0.29, 0.717) is 5.76 Å². The zero-order valence-electron chi connectivity index (χ0n) is 10.6. The molecule has 0 aliphatic carbocycles. The molecule has 2 rings (SSSR count). The number of hydrogen-bond donors (Lipinski definition) is 2. The van der Waals surface area contributed by atoms with Crippen LogP contribution in [-0.4, -0.2) is 19.5 Å². The van der Waals surface area contributed by atoms with Crippen LogP contribution in [0, 0.1) is 0 Å². The van der Waals surface area contributed by atoms with E-state index >= 15 is 0 Å². The molecule has 106 valence electrons. The number of furan rings is 1. The molecule has 0 bridgehead atoms. The van der Waals surface area contributed by atoms with E-state index in [1.807, 2.05) is 0 Å². The van der Waals surface area contributed by atoms with Gasteiger partial charge in [0, 0.05) is 0 Å². The van der Waals surface area contributed by atoms with E-state index < -0.39 is 22.0 Å². The summed E-state index contributed by atoms with van der Waals surface area (Å²) in [5, 5.41) is 8.77. The molecule has 0 radical (unpaired) electrons. The van der Waals surface area contributed by atoms with Crippen LogP contribution in [0.1, 0.15) is 29.1 Å². The summed E-state index contributed by atoms with van der Waals surface area (Å²) in [6, 6.07) is 7.81. The van der Waals surface area contributed by atoms with Crippen LogP contribution in [0.4, 0.5) is 0 Å². The van der Waals surface area contributed by atoms with Gasteiger partial charge in [-0.1, -0.05) is 0 Å². The van der Waals surface area contributed by atoms with Crippen molar-refractivity contribution >= 4 is 16.0 Å². The lowest BCUT2D eigenvalue weighted by molar-refractivity contribution is 0.0696. The molecule has 1 aromatic carbocycles. The third-order valence-corrected chi connectivity index (χ3v) is 4.27. The van der Waals surface area contributed by atoms with Gasteiger partial charge in [0.15, 0.2) is 0 Å². The third kappa shape index (κ3) is 3.06. The highest BCUT2D eigenvalue weighted by Gasteiger charge is 2.20. The Morgan fingerprint density at radius 3 is 2.40 bits per heavy atom. The number of hydrogen-bond acceptors (Lipinski definition) is 4. The van der Waals surface area contributed by atoms with Gasteiger partial charge in [0.1, 0.15) is 5.76 Å². The van der Waals surface area contributed by atoms with Crippen LogP contribution < -0.4 is 4.72 Å². The molecule has 2 aromatic rings. The van der Waals surface area contributed by atoms with E-state index in [9.17, 15) is 13.2 Å². The molecule has 0 saturated heterocycles. The predicted octanol–water partition coefficient (Wildman–Crippen LogP) is 2.02. The van der Waals surface area contributed by atoms with Crippen molar-refractivity contribution in [3.05, 3.63) is 54.0 Å². The van der Waals surface area contributed by atoms with Gasteiger partial charge in [0.05, 0.1) is 22.8 Å². The first-order valence-corrected chi connectivity index (χ1v) is 7.27. The van der Waals surface area contributed by atoms with Crippen LogP contribution in [0.5, 0.6) is 0 Å². The molecule has 0 spiro atoms. The number of carboxylic acid groups (broad SMARTS) is 1. The van der Waals surface area contributed by atoms with Crippen molar-refractivity contribution < 1.29 is 22.7 Å². The molecule has 2 N–H and O–H groups in total. The van der Waals surface area contributed by atoms with E-state index in [1.165, 1.54) is 30.5 Å². The van der Waals surface area contributed by atoms with Crippen molar-refractivity contribution in [1.82, 2.24) is 4.72 Å². The fourth-order valence-corrected chi connectivity index (χ4v) is 2.89. The first kappa shape index (κ1) is 14.3. The largest absolute Gasteiger partial charge is 0.478 e. The second kappa shape index (κ2) is 5.48. The van der Waals surface area contributed by atoms with E-state index in [-0.39, 0.29) is 10.5 Å². The first-order chi connectivity index (χ1) is 9.40. The molecule has 0 aliphatic rings. The summed E-state index contributed by atoms with van der Waals surface area (Å²) >= 11 is 0. The van der Waals surface area contributed by atoms with Crippen LogP contribution in [0.25, 0.3) is 0 Å². The average molecular weight is 295 g/mol. The Hall–Kier alpha value is -2.12. The minimum Gasteiger partial charge on any atom is -0.478 e. The van der Waals surface area contributed by atoms with Gasteiger partial charge in [0.2, 0.25) is 10.0 Å². The third-order valence-electron chi connectivity index (χ3n) is 2.71. The van der Waals surface area contributed by atoms with E-state index in [4.69, 9.17) is 9.52 Å². The minimum atomic E-state index is -3.73. The van der Waals surface area contributed by atoms with Crippen LogP contribution in [0.3, 0.4) is 0 Å². The molecule has 0 aliphatic heterocycles. The van der Waals surface area contributed by atoms with Gasteiger partial charge < -0.3 is 9.52 Å². The number of nitrogens with one attached hydrogen (secondary N) is 1. The summed E-state index contributed by atoms with van der Waals surface area (Å²) in [6.45, 7) is 1.65. The Labute approximate surface area is 116 Å². The molecular formula is C13H13NO5S. The van der Waals surface area contributed by atoms with Gasteiger partial charge >= 0.3 is 5.97 Å². The van der Waals surface area contributed by atoms with Gasteiger partial charge in [0.25, 0.3) is 0 Å². The first-order valence-electron chi connectivity index (χ1n) is 5.79. The molecule has 1 aromatic heterocycles. The molecule has 1 unspecified atom stereocenters. The summed E-state index contributed by atoms with van der Waals surface area (Å²) < 4.78 is 31.8. The van der Waals surface area contributed by atoms with Crippen molar-refractivity contribution in [2.75, 3.05) is 0 Å². The van der Waals surface area contributed by atoms with Crippen molar-refractivity contribution in [3.63, 3.8) is 0 Å². The van der Waals surface area contributed by atoms with Crippen LogP contribution in [0.15, 0.2) is 52.0 Å². The van der Waals surface area contributed by atoms with Gasteiger partial charge in [-0.3, -0.25) is 0 Å². The Morgan fingerprint density at radius 2 is 1.90 bits per heavy atom. The highest BCUT2D eigenvalue weighted by Crippen LogP contribution is 2.17. The van der Waals surface area contributed by atoms with Crippen molar-refractivity contribution in [1.29, 1.82) is 0 Å². The molecule has 20 heavy (non-hydrogen) atoms. The summed E-state index contributed by atoms with van der Waals surface area (Å²) in [5.74, 6) is -0.610. The number of benzene rings is 1. The Kier molecular flexibility index (Phi) is 3.91. The zero-order valence-corrected chi connectivity index (χ0v) is 11.4. The highest BCUT2D eigenvalue weighted by molar-refractivity contribution is 7.89. The predicted molar refractivity (Wildman–Crippen MR) is 70.8 cm³/mol. The Balaban J connectivity index is 2.20. The number of aromatic carboxylic acids is 1. The fourth-order valence-electron chi connectivity index (χ4n) is 1.67. The topological polar surface area (TPSA) is 96.6 Å². The van der Waals surface area contributed by atoms with Crippen LogP contribution in [-0.2, 0) is 10.0 Å². The van der Waals surface area contributed by atoms with Crippen molar-refractivity contribution in [2.45, 2.75) is 17.9 Å². The zero-order chi connectivity index (χ0) is 14.8. The average Bonchev–Trinajstić information content (AvgIpc) is 2.92. The molecular weight excluding hydrogens is 282 g/mol. The molecule has 0 fully saturated rings. The van der Waals surface area contributed by atoms with Crippen LogP contribution >= 0.6 is 0 Å². The molecule has 1 heterocycles. The van der Waals surface area contributed by atoms with Crippen LogP contribution in [0.2, 0.25) is 0 Å². The molecule has 7 heteroatoms. The molecule has 0 amide bonds. The summed E-state index contributed by atoms with van der Waals surface area (Å²) in [5.41, 5.74) is 0.0306. The maximum Gasteiger partial charge on any atom is 0.335 e. The van der Waals surface area contributed by atoms with E-state index in [0.717, 1.165) is 0 Å². The van der Waals surface area contributed by atoms with E-state index in [1.54, 1.807) is 19.1 Å². The SMILES string of the molecule is CC(NS(=O)(=O)c1ccc(C(=O)O)cc1)c1ccco1. The monoisotopic (exact) mass is 295 g/mol. The van der Waals surface area contributed by atoms with Crippen molar-refractivity contribution in [2.24, 2.45) is 0 Å². The highest BCUT2D eigenvalue weighted by atomic mass is 32.2. The van der Waals surface area contributed by atoms with Gasteiger partial charge in [-0.15, -0.1) is 0 Å². The smallest absolute Gasteiger partial charge is 0.335 e. The lowest BCUT2D eigenvalue weighted by atomic mass is 10.2. The number of sulfonamides is 1. The second-order valence-electron chi connectivity index (χ2n) is 4.19. The molecule has 1 atom stereocenters. The lowest BCUT2D eigenvalue weighted by Crippen LogP contribution is -2.26. The Bertz CT molecular complexity index is 689. The van der Waals surface area contributed by atoms with E-state index in [2.05, 4.69) is 4.72 Å². The van der Waals surface area contributed by atoms with Gasteiger partial charge in [-0.05, 0) is 43.3 Å². The number of carbonyl (C=O) groups is 1. The number of carboxylic acids is 1. The van der Waals surface area contributed by atoms with Gasteiger partial charge in [-0.2, -0.15) is 0 Å².